The summed E-state index contributed by atoms with van der Waals surface area (Å²) in [6.45, 7) is 5.81. The number of nitrogens with one attached hydrogen (secondary N) is 2. The van der Waals surface area contributed by atoms with Crippen molar-refractivity contribution in [2.75, 3.05) is 0 Å². The van der Waals surface area contributed by atoms with Gasteiger partial charge in [0.1, 0.15) is 0 Å². The Balaban J connectivity index is 1.61. The minimum absolute atomic E-state index is 0.228. The van der Waals surface area contributed by atoms with Crippen LogP contribution >= 0.6 is 0 Å². The molecule has 0 aliphatic rings. The molecule has 3 aromatic rings. The van der Waals surface area contributed by atoms with E-state index in [4.69, 9.17) is 0 Å². The van der Waals surface area contributed by atoms with Gasteiger partial charge in [-0.05, 0) is 44.9 Å². The smallest absolute Gasteiger partial charge is 0.269 e. The van der Waals surface area contributed by atoms with Crippen molar-refractivity contribution in [1.29, 1.82) is 0 Å². The molecule has 3 aromatic heterocycles. The lowest BCUT2D eigenvalue weighted by molar-refractivity contribution is -0.121. The third-order valence-corrected chi connectivity index (χ3v) is 4.15. The monoisotopic (exact) mass is 352 g/mol. The van der Waals surface area contributed by atoms with Crippen molar-refractivity contribution in [2.24, 2.45) is 0 Å². The number of hydrazine groups is 1. The van der Waals surface area contributed by atoms with Crippen LogP contribution in [-0.4, -0.2) is 31.4 Å². The Morgan fingerprint density at radius 2 is 1.85 bits per heavy atom. The largest absolute Gasteiger partial charge is 0.273 e. The minimum Gasteiger partial charge on any atom is -0.273 e. The lowest BCUT2D eigenvalue weighted by Gasteiger charge is -2.11. The molecule has 0 bridgehead atoms. The predicted octanol–water partition coefficient (Wildman–Crippen LogP) is 1.44. The lowest BCUT2D eigenvalue weighted by Crippen LogP contribution is -2.41. The zero-order chi connectivity index (χ0) is 18.7. The highest BCUT2D eigenvalue weighted by atomic mass is 16.2. The van der Waals surface area contributed by atoms with Crippen LogP contribution in [0.1, 0.15) is 39.4 Å². The molecule has 8 heteroatoms. The van der Waals surface area contributed by atoms with Crippen LogP contribution in [0.5, 0.6) is 0 Å². The molecular weight excluding hydrogens is 332 g/mol. The van der Waals surface area contributed by atoms with Crippen molar-refractivity contribution < 1.29 is 9.59 Å². The SMILES string of the molecule is Cc1cc2nc(C)c(CCC(=O)NNC(=O)c3ccncc3)c(C)n2n1. The minimum atomic E-state index is -0.386. The molecule has 0 fully saturated rings. The quantitative estimate of drug-likeness (QED) is 0.692. The molecule has 8 nitrogen and oxygen atoms in total. The maximum atomic E-state index is 12.1. The summed E-state index contributed by atoms with van der Waals surface area (Å²) >= 11 is 0. The number of aryl methyl sites for hydroxylation is 3. The Kier molecular flexibility index (Phi) is 4.92. The Labute approximate surface area is 150 Å². The fraction of sp³-hybridized carbons (Fsp3) is 0.278. The Morgan fingerprint density at radius 3 is 2.58 bits per heavy atom. The molecule has 0 aliphatic heterocycles. The Morgan fingerprint density at radius 1 is 1.12 bits per heavy atom. The van der Waals surface area contributed by atoms with Gasteiger partial charge in [0.25, 0.3) is 5.91 Å². The van der Waals surface area contributed by atoms with Crippen molar-refractivity contribution in [2.45, 2.75) is 33.6 Å². The molecule has 3 heterocycles. The third-order valence-electron chi connectivity index (χ3n) is 4.15. The molecule has 0 atom stereocenters. The van der Waals surface area contributed by atoms with E-state index in [-0.39, 0.29) is 18.2 Å². The summed E-state index contributed by atoms with van der Waals surface area (Å²) in [5.41, 5.74) is 9.78. The van der Waals surface area contributed by atoms with Gasteiger partial charge in [0.15, 0.2) is 5.65 Å². The number of hydrogen-bond acceptors (Lipinski definition) is 5. The average Bonchev–Trinajstić information content (AvgIpc) is 3.00. The summed E-state index contributed by atoms with van der Waals surface area (Å²) in [5, 5.41) is 4.43. The van der Waals surface area contributed by atoms with Gasteiger partial charge in [-0.15, -0.1) is 0 Å². The third kappa shape index (κ3) is 3.69. The molecule has 134 valence electrons. The maximum absolute atomic E-state index is 12.1. The number of pyridine rings is 1. The van der Waals surface area contributed by atoms with Crippen molar-refractivity contribution in [3.63, 3.8) is 0 Å². The van der Waals surface area contributed by atoms with Crippen LogP contribution in [0.3, 0.4) is 0 Å². The molecule has 0 radical (unpaired) electrons. The van der Waals surface area contributed by atoms with Crippen molar-refractivity contribution in [1.82, 2.24) is 30.4 Å². The van der Waals surface area contributed by atoms with Gasteiger partial charge in [-0.2, -0.15) is 5.10 Å². The highest BCUT2D eigenvalue weighted by Gasteiger charge is 2.13. The zero-order valence-corrected chi connectivity index (χ0v) is 14.9. The summed E-state index contributed by atoms with van der Waals surface area (Å²) < 4.78 is 1.79. The molecule has 0 saturated heterocycles. The number of fused-ring (bicyclic) bond motifs is 1. The van der Waals surface area contributed by atoms with Crippen LogP contribution in [0.15, 0.2) is 30.6 Å². The van der Waals surface area contributed by atoms with Gasteiger partial charge < -0.3 is 0 Å². The number of aromatic nitrogens is 4. The molecular formula is C18H20N6O2. The van der Waals surface area contributed by atoms with Gasteiger partial charge in [-0.25, -0.2) is 9.50 Å². The second-order valence-corrected chi connectivity index (χ2v) is 6.06. The van der Waals surface area contributed by atoms with E-state index in [0.717, 1.165) is 28.3 Å². The fourth-order valence-corrected chi connectivity index (χ4v) is 2.81. The van der Waals surface area contributed by atoms with E-state index in [1.165, 1.54) is 12.4 Å². The second-order valence-electron chi connectivity index (χ2n) is 6.06. The van der Waals surface area contributed by atoms with Crippen LogP contribution in [0, 0.1) is 20.8 Å². The number of rotatable bonds is 4. The summed E-state index contributed by atoms with van der Waals surface area (Å²) in [6.07, 6.45) is 3.77. The second kappa shape index (κ2) is 7.30. The molecule has 2 N–H and O–H groups in total. The van der Waals surface area contributed by atoms with E-state index in [2.05, 4.69) is 25.9 Å². The van der Waals surface area contributed by atoms with Crippen molar-refractivity contribution >= 4 is 17.5 Å². The van der Waals surface area contributed by atoms with Crippen LogP contribution in [0.25, 0.3) is 5.65 Å². The van der Waals surface area contributed by atoms with E-state index in [1.54, 1.807) is 16.6 Å². The Hall–Kier alpha value is -3.29. The molecule has 2 amide bonds. The summed E-state index contributed by atoms with van der Waals surface area (Å²) in [5.74, 6) is -0.661. The average molecular weight is 352 g/mol. The molecule has 26 heavy (non-hydrogen) atoms. The van der Waals surface area contributed by atoms with Gasteiger partial charge >= 0.3 is 0 Å². The highest BCUT2D eigenvalue weighted by Crippen LogP contribution is 2.16. The first kappa shape index (κ1) is 17.5. The summed E-state index contributed by atoms with van der Waals surface area (Å²) in [4.78, 5) is 32.4. The highest BCUT2D eigenvalue weighted by molar-refractivity contribution is 5.95. The van der Waals surface area contributed by atoms with Gasteiger partial charge in [-0.3, -0.25) is 25.4 Å². The van der Waals surface area contributed by atoms with Crippen LogP contribution in [-0.2, 0) is 11.2 Å². The predicted molar refractivity (Wildman–Crippen MR) is 95.4 cm³/mol. The lowest BCUT2D eigenvalue weighted by atomic mass is 10.1. The molecule has 0 unspecified atom stereocenters. The van der Waals surface area contributed by atoms with E-state index in [9.17, 15) is 9.59 Å². The maximum Gasteiger partial charge on any atom is 0.269 e. The number of hydrogen-bond donors (Lipinski definition) is 2. The van der Waals surface area contributed by atoms with Gasteiger partial charge in [0, 0.05) is 41.8 Å². The van der Waals surface area contributed by atoms with E-state index >= 15 is 0 Å². The normalized spacial score (nSPS) is 10.7. The standard InChI is InChI=1S/C18H20N6O2/c1-11-10-16-20-12(2)15(13(3)24(16)23-11)4-5-17(25)21-22-18(26)14-6-8-19-9-7-14/h6-10H,4-5H2,1-3H3,(H,21,25)(H,22,26). The first-order valence-electron chi connectivity index (χ1n) is 8.27. The molecule has 0 aromatic carbocycles. The van der Waals surface area contributed by atoms with Crippen molar-refractivity contribution in [3.05, 3.63) is 58.8 Å². The Bertz CT molecular complexity index is 965. The number of amides is 2. The van der Waals surface area contributed by atoms with Crippen LogP contribution in [0.2, 0.25) is 0 Å². The molecule has 0 aliphatic carbocycles. The first-order valence-corrected chi connectivity index (χ1v) is 8.27. The zero-order valence-electron chi connectivity index (χ0n) is 14.9. The number of carbonyl (C=O) groups is 2. The summed E-state index contributed by atoms with van der Waals surface area (Å²) in [6, 6.07) is 5.06. The van der Waals surface area contributed by atoms with Crippen molar-refractivity contribution in [3.8, 4) is 0 Å². The van der Waals surface area contributed by atoms with Gasteiger partial charge in [-0.1, -0.05) is 0 Å². The first-order chi connectivity index (χ1) is 12.5. The molecule has 0 spiro atoms. The fourth-order valence-electron chi connectivity index (χ4n) is 2.81. The van der Waals surface area contributed by atoms with E-state index < -0.39 is 0 Å². The topological polar surface area (TPSA) is 101 Å². The molecule has 0 saturated carbocycles. The van der Waals surface area contributed by atoms with E-state index in [1.807, 2.05) is 26.8 Å². The molecule has 3 rings (SSSR count). The van der Waals surface area contributed by atoms with Crippen LogP contribution < -0.4 is 10.9 Å². The van der Waals surface area contributed by atoms with E-state index in [0.29, 0.717) is 12.0 Å². The van der Waals surface area contributed by atoms with Crippen LogP contribution in [0.4, 0.5) is 0 Å². The van der Waals surface area contributed by atoms with Gasteiger partial charge in [0.2, 0.25) is 5.91 Å². The number of nitrogens with zero attached hydrogens (tertiary/aromatic N) is 4. The van der Waals surface area contributed by atoms with Gasteiger partial charge in [0.05, 0.1) is 5.69 Å². The summed E-state index contributed by atoms with van der Waals surface area (Å²) in [7, 11) is 0. The number of carbonyl (C=O) groups excluding carboxylic acids is 2.